The summed E-state index contributed by atoms with van der Waals surface area (Å²) in [7, 11) is 1.62. The van der Waals surface area contributed by atoms with E-state index in [1.54, 1.807) is 20.0 Å². The number of benzene rings is 1. The molecule has 1 atom stereocenters. The van der Waals surface area contributed by atoms with Gasteiger partial charge in [0.1, 0.15) is 0 Å². The van der Waals surface area contributed by atoms with Crippen LogP contribution in [0.3, 0.4) is 0 Å². The lowest BCUT2D eigenvalue weighted by molar-refractivity contribution is -0.120. The maximum absolute atomic E-state index is 11.9. The van der Waals surface area contributed by atoms with Crippen molar-refractivity contribution in [3.63, 3.8) is 0 Å². The highest BCUT2D eigenvalue weighted by molar-refractivity contribution is 5.94. The predicted molar refractivity (Wildman–Crippen MR) is 77.5 cm³/mol. The molecular weight excluding hydrogens is 256 g/mol. The Morgan fingerprint density at radius 2 is 2.10 bits per heavy atom. The highest BCUT2D eigenvalue weighted by Crippen LogP contribution is 2.09. The van der Waals surface area contributed by atoms with Gasteiger partial charge in [-0.05, 0) is 37.5 Å². The SMILES string of the molecule is CNC(=O)CCCc1cccc(C(=O)NC(C)CO)c1. The summed E-state index contributed by atoms with van der Waals surface area (Å²) in [5.41, 5.74) is 1.60. The molecule has 5 heteroatoms. The Balaban J connectivity index is 2.57. The van der Waals surface area contributed by atoms with Gasteiger partial charge < -0.3 is 15.7 Å². The maximum atomic E-state index is 11.9. The van der Waals surface area contributed by atoms with E-state index in [4.69, 9.17) is 5.11 Å². The number of amides is 2. The van der Waals surface area contributed by atoms with E-state index in [0.29, 0.717) is 12.0 Å². The Labute approximate surface area is 119 Å². The van der Waals surface area contributed by atoms with Crippen molar-refractivity contribution in [3.05, 3.63) is 35.4 Å². The molecule has 0 aliphatic rings. The molecule has 0 saturated heterocycles. The molecule has 1 aromatic carbocycles. The summed E-state index contributed by atoms with van der Waals surface area (Å²) in [6.07, 6.45) is 1.98. The van der Waals surface area contributed by atoms with E-state index in [1.807, 2.05) is 18.2 Å². The van der Waals surface area contributed by atoms with Gasteiger partial charge in [0, 0.05) is 25.1 Å². The Morgan fingerprint density at radius 3 is 2.75 bits per heavy atom. The van der Waals surface area contributed by atoms with Crippen LogP contribution in [0.15, 0.2) is 24.3 Å². The molecule has 20 heavy (non-hydrogen) atoms. The van der Waals surface area contributed by atoms with Crippen LogP contribution in [-0.2, 0) is 11.2 Å². The van der Waals surface area contributed by atoms with Crippen molar-refractivity contribution in [2.45, 2.75) is 32.2 Å². The number of aliphatic hydroxyl groups is 1. The molecule has 0 spiro atoms. The van der Waals surface area contributed by atoms with Crippen LogP contribution in [0.5, 0.6) is 0 Å². The first-order chi connectivity index (χ1) is 9.56. The molecule has 2 amide bonds. The highest BCUT2D eigenvalue weighted by Gasteiger charge is 2.09. The number of hydrogen-bond donors (Lipinski definition) is 3. The second kappa shape index (κ2) is 8.32. The molecule has 1 aromatic rings. The molecule has 0 radical (unpaired) electrons. The molecule has 5 nitrogen and oxygen atoms in total. The minimum absolute atomic E-state index is 0.0238. The fraction of sp³-hybridized carbons (Fsp3) is 0.467. The maximum Gasteiger partial charge on any atom is 0.251 e. The van der Waals surface area contributed by atoms with Gasteiger partial charge in [0.25, 0.3) is 5.91 Å². The third-order valence-electron chi connectivity index (χ3n) is 2.99. The van der Waals surface area contributed by atoms with Crippen molar-refractivity contribution in [2.24, 2.45) is 0 Å². The van der Waals surface area contributed by atoms with Gasteiger partial charge in [-0.15, -0.1) is 0 Å². The van der Waals surface area contributed by atoms with Crippen LogP contribution in [0, 0.1) is 0 Å². The van der Waals surface area contributed by atoms with E-state index in [2.05, 4.69) is 10.6 Å². The summed E-state index contributed by atoms with van der Waals surface area (Å²) in [5, 5.41) is 14.2. The predicted octanol–water partition coefficient (Wildman–Crippen LogP) is 0.866. The molecule has 0 saturated carbocycles. The van der Waals surface area contributed by atoms with E-state index < -0.39 is 0 Å². The average molecular weight is 278 g/mol. The first-order valence-corrected chi connectivity index (χ1v) is 6.78. The summed E-state index contributed by atoms with van der Waals surface area (Å²) in [6.45, 7) is 1.66. The van der Waals surface area contributed by atoms with E-state index in [0.717, 1.165) is 18.4 Å². The molecule has 0 aromatic heterocycles. The molecule has 0 bridgehead atoms. The van der Waals surface area contributed by atoms with Gasteiger partial charge in [0.05, 0.1) is 6.61 Å². The fourth-order valence-corrected chi connectivity index (χ4v) is 1.80. The van der Waals surface area contributed by atoms with Crippen LogP contribution in [0.2, 0.25) is 0 Å². The standard InChI is InChI=1S/C15H22N2O3/c1-11(10-18)17-15(20)13-7-3-5-12(9-13)6-4-8-14(19)16-2/h3,5,7,9,11,18H,4,6,8,10H2,1-2H3,(H,16,19)(H,17,20). The van der Waals surface area contributed by atoms with Crippen molar-refractivity contribution in [1.29, 1.82) is 0 Å². The zero-order valence-electron chi connectivity index (χ0n) is 12.0. The summed E-state index contributed by atoms with van der Waals surface area (Å²) in [5.74, 6) is -0.171. The van der Waals surface area contributed by atoms with Crippen molar-refractivity contribution in [2.75, 3.05) is 13.7 Å². The molecule has 0 heterocycles. The number of aryl methyl sites for hydroxylation is 1. The summed E-state index contributed by atoms with van der Waals surface area (Å²) in [4.78, 5) is 23.0. The van der Waals surface area contributed by atoms with Gasteiger partial charge in [-0.2, -0.15) is 0 Å². The Morgan fingerprint density at radius 1 is 1.35 bits per heavy atom. The average Bonchev–Trinajstić information content (AvgIpc) is 2.47. The number of carbonyl (C=O) groups is 2. The molecule has 0 aliphatic heterocycles. The van der Waals surface area contributed by atoms with Crippen molar-refractivity contribution in [3.8, 4) is 0 Å². The van der Waals surface area contributed by atoms with E-state index in [9.17, 15) is 9.59 Å². The van der Waals surface area contributed by atoms with Gasteiger partial charge in [-0.25, -0.2) is 0 Å². The van der Waals surface area contributed by atoms with Crippen LogP contribution in [-0.4, -0.2) is 36.6 Å². The van der Waals surface area contributed by atoms with E-state index in [1.165, 1.54) is 0 Å². The molecule has 0 fully saturated rings. The number of nitrogens with one attached hydrogen (secondary N) is 2. The molecule has 0 aliphatic carbocycles. The van der Waals surface area contributed by atoms with Gasteiger partial charge in [0.15, 0.2) is 0 Å². The first-order valence-electron chi connectivity index (χ1n) is 6.78. The minimum atomic E-state index is -0.264. The van der Waals surface area contributed by atoms with Crippen LogP contribution in [0.25, 0.3) is 0 Å². The smallest absolute Gasteiger partial charge is 0.251 e. The first kappa shape index (κ1) is 16.2. The Kier molecular flexibility index (Phi) is 6.73. The van der Waals surface area contributed by atoms with Gasteiger partial charge in [-0.3, -0.25) is 9.59 Å². The molecule has 3 N–H and O–H groups in total. The van der Waals surface area contributed by atoms with Crippen LogP contribution >= 0.6 is 0 Å². The summed E-state index contributed by atoms with van der Waals surface area (Å²) >= 11 is 0. The molecule has 1 rings (SSSR count). The highest BCUT2D eigenvalue weighted by atomic mass is 16.3. The fourth-order valence-electron chi connectivity index (χ4n) is 1.80. The quantitative estimate of drug-likeness (QED) is 0.692. The van der Waals surface area contributed by atoms with Crippen molar-refractivity contribution >= 4 is 11.8 Å². The lowest BCUT2D eigenvalue weighted by Gasteiger charge is -2.11. The van der Waals surface area contributed by atoms with Crippen LogP contribution in [0.4, 0.5) is 0 Å². The van der Waals surface area contributed by atoms with Gasteiger partial charge in [-0.1, -0.05) is 12.1 Å². The molecular formula is C15H22N2O3. The van der Waals surface area contributed by atoms with E-state index >= 15 is 0 Å². The third kappa shape index (κ3) is 5.40. The van der Waals surface area contributed by atoms with Gasteiger partial charge >= 0.3 is 0 Å². The van der Waals surface area contributed by atoms with Crippen LogP contribution < -0.4 is 10.6 Å². The molecule has 110 valence electrons. The number of aliphatic hydroxyl groups excluding tert-OH is 1. The zero-order chi connectivity index (χ0) is 15.0. The van der Waals surface area contributed by atoms with Crippen molar-refractivity contribution in [1.82, 2.24) is 10.6 Å². The Hall–Kier alpha value is -1.88. The zero-order valence-corrected chi connectivity index (χ0v) is 12.0. The number of carbonyl (C=O) groups excluding carboxylic acids is 2. The molecule has 1 unspecified atom stereocenters. The number of rotatable bonds is 7. The monoisotopic (exact) mass is 278 g/mol. The largest absolute Gasteiger partial charge is 0.394 e. The second-order valence-corrected chi connectivity index (χ2v) is 4.78. The summed E-state index contributed by atoms with van der Waals surface area (Å²) < 4.78 is 0. The topological polar surface area (TPSA) is 78.4 Å². The minimum Gasteiger partial charge on any atom is -0.394 e. The second-order valence-electron chi connectivity index (χ2n) is 4.78. The Bertz CT molecular complexity index is 460. The van der Waals surface area contributed by atoms with Crippen molar-refractivity contribution < 1.29 is 14.7 Å². The van der Waals surface area contributed by atoms with Crippen LogP contribution in [0.1, 0.15) is 35.7 Å². The normalized spacial score (nSPS) is 11.8. The van der Waals surface area contributed by atoms with E-state index in [-0.39, 0.29) is 24.5 Å². The summed E-state index contributed by atoms with van der Waals surface area (Å²) in [6, 6.07) is 7.06. The third-order valence-corrected chi connectivity index (χ3v) is 2.99. The number of hydrogen-bond acceptors (Lipinski definition) is 3. The van der Waals surface area contributed by atoms with Gasteiger partial charge in [0.2, 0.25) is 5.91 Å². The lowest BCUT2D eigenvalue weighted by atomic mass is 10.0. The lowest BCUT2D eigenvalue weighted by Crippen LogP contribution is -2.35.